The maximum absolute atomic E-state index is 10.9. The maximum Gasteiger partial charge on any atom is 0.270 e. The zero-order valence-corrected chi connectivity index (χ0v) is 14.7. The van der Waals surface area contributed by atoms with Crippen LogP contribution in [0.4, 0.5) is 5.69 Å². The summed E-state index contributed by atoms with van der Waals surface area (Å²) in [6, 6.07) is 9.89. The van der Waals surface area contributed by atoms with E-state index in [-0.39, 0.29) is 17.0 Å². The van der Waals surface area contributed by atoms with Crippen molar-refractivity contribution in [1.29, 1.82) is 0 Å². The summed E-state index contributed by atoms with van der Waals surface area (Å²) in [7, 11) is 1.55. The van der Waals surface area contributed by atoms with Crippen LogP contribution in [0.2, 0.25) is 10.2 Å². The van der Waals surface area contributed by atoms with Crippen molar-refractivity contribution < 1.29 is 9.66 Å². The predicted octanol–water partition coefficient (Wildman–Crippen LogP) is 4.61. The second-order valence-electron chi connectivity index (χ2n) is 5.07. The molecule has 9 heteroatoms. The average Bonchev–Trinajstić information content (AvgIpc) is 2.57. The van der Waals surface area contributed by atoms with Gasteiger partial charge >= 0.3 is 0 Å². The number of hydrogen-bond donors (Lipinski definition) is 1. The molecular weight excluding hydrogens is 367 g/mol. The second-order valence-corrected chi connectivity index (χ2v) is 5.84. The molecule has 1 heterocycles. The Bertz CT molecular complexity index is 950. The average molecular weight is 381 g/mol. The highest BCUT2D eigenvalue weighted by atomic mass is 35.5. The molecule has 2 aromatic carbocycles. The Morgan fingerprint density at radius 1 is 1.12 bits per heavy atom. The Labute approximate surface area is 153 Å². The topological polar surface area (TPSA) is 113 Å². The van der Waals surface area contributed by atoms with Crippen LogP contribution < -0.4 is 10.9 Å². The highest BCUT2D eigenvalue weighted by Crippen LogP contribution is 2.30. The van der Waals surface area contributed by atoms with Gasteiger partial charge in [-0.05, 0) is 23.8 Å². The van der Waals surface area contributed by atoms with Crippen LogP contribution in [0.1, 0.15) is 11.3 Å². The normalized spacial score (nSPS) is 10.4. The fourth-order valence-corrected chi connectivity index (χ4v) is 2.90. The highest BCUT2D eigenvalue weighted by molar-refractivity contribution is 6.34. The fourth-order valence-electron chi connectivity index (χ4n) is 2.42. The third kappa shape index (κ3) is 3.79. The van der Waals surface area contributed by atoms with E-state index in [9.17, 15) is 10.1 Å². The quantitative estimate of drug-likeness (QED) is 0.522. The van der Waals surface area contributed by atoms with E-state index in [0.717, 1.165) is 5.56 Å². The number of rotatable bonds is 4. The summed E-state index contributed by atoms with van der Waals surface area (Å²) < 4.78 is 5.13. The summed E-state index contributed by atoms with van der Waals surface area (Å²) in [5.74, 6) is 0.586. The summed E-state index contributed by atoms with van der Waals surface area (Å²) in [6.45, 7) is 0. The van der Waals surface area contributed by atoms with Gasteiger partial charge in [-0.2, -0.15) is 5.10 Å². The Hall–Kier alpha value is -2.48. The summed E-state index contributed by atoms with van der Waals surface area (Å²) >= 11 is 12.2. The van der Waals surface area contributed by atoms with E-state index in [1.165, 1.54) is 12.1 Å². The van der Waals surface area contributed by atoms with Crippen molar-refractivity contribution in [3.8, 4) is 5.75 Å². The number of ether oxygens (including phenoxy) is 1. The molecule has 3 N–H and O–H groups in total. The van der Waals surface area contributed by atoms with Crippen LogP contribution in [-0.2, 0) is 6.42 Å². The first-order chi connectivity index (χ1) is 11.5. The van der Waals surface area contributed by atoms with Crippen LogP contribution in [0, 0.1) is 10.1 Å². The molecule has 0 unspecified atom stereocenters. The fraction of sp³-hybridized carbons (Fsp3) is 0.125. The summed E-state index contributed by atoms with van der Waals surface area (Å²) in [6.07, 6.45) is 0.461. The molecule has 0 amide bonds. The van der Waals surface area contributed by atoms with E-state index in [0.29, 0.717) is 33.7 Å². The summed E-state index contributed by atoms with van der Waals surface area (Å²) in [5, 5.41) is 20.8. The number of hydrogen-bond acceptors (Lipinski definition) is 6. The van der Waals surface area contributed by atoms with Gasteiger partial charge in [-0.1, -0.05) is 29.3 Å². The number of benzene rings is 2. The SMILES string of the molecule is COc1ccc(Cc2nnc(Cl)c3cc([N+](=O)[O-])ccc23)cc1Cl.N. The van der Waals surface area contributed by atoms with E-state index in [1.54, 1.807) is 25.3 Å². The first kappa shape index (κ1) is 18.9. The maximum atomic E-state index is 10.9. The van der Waals surface area contributed by atoms with Gasteiger partial charge in [0.15, 0.2) is 5.15 Å². The number of aromatic nitrogens is 2. The van der Waals surface area contributed by atoms with Gasteiger partial charge in [0.2, 0.25) is 0 Å². The molecule has 0 saturated carbocycles. The van der Waals surface area contributed by atoms with Crippen LogP contribution in [0.5, 0.6) is 5.75 Å². The molecule has 0 atom stereocenters. The standard InChI is InChI=1S/C16H11Cl2N3O3.H3N/c1-24-15-5-2-9(6-13(15)17)7-14-11-4-3-10(21(22)23)8-12(11)16(18)20-19-14;/h2-6,8H,7H2,1H3;1H3. The first-order valence-corrected chi connectivity index (χ1v) is 7.67. The lowest BCUT2D eigenvalue weighted by molar-refractivity contribution is -0.384. The molecular formula is C16H14Cl2N4O3. The van der Waals surface area contributed by atoms with E-state index in [4.69, 9.17) is 27.9 Å². The minimum Gasteiger partial charge on any atom is -0.495 e. The van der Waals surface area contributed by atoms with Crippen LogP contribution in [0.3, 0.4) is 0 Å². The lowest BCUT2D eigenvalue weighted by Gasteiger charge is -2.08. The monoisotopic (exact) mass is 380 g/mol. The van der Waals surface area contributed by atoms with Gasteiger partial charge in [-0.3, -0.25) is 10.1 Å². The zero-order valence-electron chi connectivity index (χ0n) is 13.2. The van der Waals surface area contributed by atoms with Crippen molar-refractivity contribution in [2.75, 3.05) is 7.11 Å². The minimum atomic E-state index is -0.473. The molecule has 0 aliphatic rings. The minimum absolute atomic E-state index is 0. The van der Waals surface area contributed by atoms with E-state index >= 15 is 0 Å². The van der Waals surface area contributed by atoms with Gasteiger partial charge in [0, 0.05) is 29.3 Å². The molecule has 0 spiro atoms. The Morgan fingerprint density at radius 2 is 1.88 bits per heavy atom. The van der Waals surface area contributed by atoms with Crippen LogP contribution in [0.15, 0.2) is 36.4 Å². The lowest BCUT2D eigenvalue weighted by Crippen LogP contribution is -1.99. The van der Waals surface area contributed by atoms with Gasteiger partial charge in [0.25, 0.3) is 5.69 Å². The molecule has 0 fully saturated rings. The van der Waals surface area contributed by atoms with Crippen LogP contribution in [0.25, 0.3) is 10.8 Å². The molecule has 7 nitrogen and oxygen atoms in total. The molecule has 1 aromatic heterocycles. The largest absolute Gasteiger partial charge is 0.495 e. The van der Waals surface area contributed by atoms with E-state index < -0.39 is 4.92 Å². The molecule has 0 saturated heterocycles. The third-order valence-corrected chi connectivity index (χ3v) is 4.17. The Kier molecular flexibility index (Phi) is 5.73. The highest BCUT2D eigenvalue weighted by Gasteiger charge is 2.14. The van der Waals surface area contributed by atoms with Gasteiger partial charge in [0.1, 0.15) is 5.75 Å². The van der Waals surface area contributed by atoms with Crippen molar-refractivity contribution >= 4 is 39.7 Å². The zero-order chi connectivity index (χ0) is 17.3. The van der Waals surface area contributed by atoms with Crippen molar-refractivity contribution in [1.82, 2.24) is 16.3 Å². The van der Waals surface area contributed by atoms with Crippen molar-refractivity contribution in [3.05, 3.63) is 67.9 Å². The first-order valence-electron chi connectivity index (χ1n) is 6.91. The number of fused-ring (bicyclic) bond motifs is 1. The number of methoxy groups -OCH3 is 1. The Morgan fingerprint density at radius 3 is 2.52 bits per heavy atom. The van der Waals surface area contributed by atoms with Gasteiger partial charge < -0.3 is 10.9 Å². The smallest absolute Gasteiger partial charge is 0.270 e. The summed E-state index contributed by atoms with van der Waals surface area (Å²) in [5.41, 5.74) is 1.53. The molecule has 25 heavy (non-hydrogen) atoms. The Balaban J connectivity index is 0.00000225. The lowest BCUT2D eigenvalue weighted by atomic mass is 10.0. The number of nitro groups is 1. The van der Waals surface area contributed by atoms with E-state index in [2.05, 4.69) is 10.2 Å². The van der Waals surface area contributed by atoms with Crippen molar-refractivity contribution in [3.63, 3.8) is 0 Å². The number of halogens is 2. The molecule has 130 valence electrons. The number of nitro benzene ring substituents is 1. The third-order valence-electron chi connectivity index (χ3n) is 3.59. The van der Waals surface area contributed by atoms with Crippen molar-refractivity contribution in [2.24, 2.45) is 0 Å². The molecule has 3 rings (SSSR count). The second kappa shape index (κ2) is 7.60. The van der Waals surface area contributed by atoms with Crippen LogP contribution >= 0.6 is 23.2 Å². The van der Waals surface area contributed by atoms with E-state index in [1.807, 2.05) is 6.07 Å². The van der Waals surface area contributed by atoms with Gasteiger partial charge in [-0.25, -0.2) is 0 Å². The molecule has 0 bridgehead atoms. The molecule has 0 aliphatic heterocycles. The molecule has 0 aliphatic carbocycles. The predicted molar refractivity (Wildman–Crippen MR) is 97.0 cm³/mol. The van der Waals surface area contributed by atoms with Gasteiger partial charge in [0.05, 0.1) is 22.7 Å². The van der Waals surface area contributed by atoms with Crippen molar-refractivity contribution in [2.45, 2.75) is 6.42 Å². The van der Waals surface area contributed by atoms with Crippen LogP contribution in [-0.4, -0.2) is 22.2 Å². The molecule has 3 aromatic rings. The summed E-state index contributed by atoms with van der Waals surface area (Å²) in [4.78, 5) is 10.5. The van der Waals surface area contributed by atoms with Gasteiger partial charge in [-0.15, -0.1) is 5.10 Å². The number of non-ortho nitro benzene ring substituents is 1. The number of nitrogens with zero attached hydrogens (tertiary/aromatic N) is 3. The molecule has 0 radical (unpaired) electrons.